The lowest BCUT2D eigenvalue weighted by atomic mass is 10.1. The lowest BCUT2D eigenvalue weighted by Crippen LogP contribution is -1.93. The number of Topliss-reactive ketones (excluding diaryl/α,β-unsaturated/α-hetero) is 1. The average Bonchev–Trinajstić information content (AvgIpc) is 3.21. The molecule has 2 aromatic carbocycles. The van der Waals surface area contributed by atoms with Gasteiger partial charge in [0.25, 0.3) is 0 Å². The molecular formula is C20H11NO2S. The second kappa shape index (κ2) is 5.88. The summed E-state index contributed by atoms with van der Waals surface area (Å²) in [6, 6.07) is 20.6. The van der Waals surface area contributed by atoms with Gasteiger partial charge in [-0.2, -0.15) is 5.26 Å². The highest BCUT2D eigenvalue weighted by molar-refractivity contribution is 8.04. The van der Waals surface area contributed by atoms with Crippen LogP contribution in [-0.4, -0.2) is 5.78 Å². The molecular weight excluding hydrogens is 318 g/mol. The Morgan fingerprint density at radius 3 is 2.50 bits per heavy atom. The number of rotatable bonds is 2. The zero-order valence-electron chi connectivity index (χ0n) is 12.5. The zero-order valence-corrected chi connectivity index (χ0v) is 13.3. The summed E-state index contributed by atoms with van der Waals surface area (Å²) < 4.78 is 5.83. The molecule has 0 aliphatic carbocycles. The lowest BCUT2D eigenvalue weighted by molar-refractivity contribution is 0.104. The number of furan rings is 1. The normalized spacial score (nSPS) is 14.6. The van der Waals surface area contributed by atoms with E-state index in [1.165, 1.54) is 11.8 Å². The third-order valence-electron chi connectivity index (χ3n) is 3.79. The van der Waals surface area contributed by atoms with E-state index in [0.717, 1.165) is 16.0 Å². The highest BCUT2D eigenvalue weighted by atomic mass is 32.2. The smallest absolute Gasteiger partial charge is 0.200 e. The molecule has 3 nitrogen and oxygen atoms in total. The number of carbonyl (C=O) groups excluding carboxylic acids is 1. The van der Waals surface area contributed by atoms with Crippen molar-refractivity contribution in [3.8, 4) is 17.4 Å². The molecule has 0 unspecified atom stereocenters. The Labute approximate surface area is 143 Å². The largest absolute Gasteiger partial charge is 0.457 e. The molecule has 1 aliphatic rings. The summed E-state index contributed by atoms with van der Waals surface area (Å²) in [6.07, 6.45) is 1.76. The quantitative estimate of drug-likeness (QED) is 0.610. The molecule has 3 aromatic rings. The maximum Gasteiger partial charge on any atom is 0.200 e. The van der Waals surface area contributed by atoms with Gasteiger partial charge in [-0.3, -0.25) is 4.79 Å². The van der Waals surface area contributed by atoms with Crippen molar-refractivity contribution in [3.05, 3.63) is 82.5 Å². The maximum absolute atomic E-state index is 12.4. The van der Waals surface area contributed by atoms with Crippen LogP contribution < -0.4 is 0 Å². The van der Waals surface area contributed by atoms with Crippen molar-refractivity contribution in [1.82, 2.24) is 0 Å². The van der Waals surface area contributed by atoms with Crippen molar-refractivity contribution in [2.45, 2.75) is 4.90 Å². The number of benzene rings is 2. The summed E-state index contributed by atoms with van der Waals surface area (Å²) in [5.74, 6) is 1.24. The third kappa shape index (κ3) is 2.45. The van der Waals surface area contributed by atoms with Crippen molar-refractivity contribution in [2.75, 3.05) is 0 Å². The number of hydrogen-bond donors (Lipinski definition) is 0. The SMILES string of the molecule is N#Cc1ccccc1-c1ccc(/C=C2/Sc3ccccc3C2=O)o1. The Balaban J connectivity index is 1.68. The standard InChI is InChI=1S/C20H11NO2S/c21-12-13-5-1-2-6-15(13)17-10-9-14(23-17)11-19-20(22)16-7-3-4-8-18(16)24-19/h1-11H/b19-11+. The number of ketones is 1. The van der Waals surface area contributed by atoms with Crippen LogP contribution in [0, 0.1) is 11.3 Å². The van der Waals surface area contributed by atoms with Gasteiger partial charge in [0, 0.05) is 16.0 Å². The molecule has 4 heteroatoms. The molecule has 1 aromatic heterocycles. The molecule has 0 saturated heterocycles. The first-order valence-electron chi connectivity index (χ1n) is 7.39. The lowest BCUT2D eigenvalue weighted by Gasteiger charge is -1.99. The molecule has 0 N–H and O–H groups in total. The van der Waals surface area contributed by atoms with Gasteiger partial charge in [-0.05, 0) is 42.5 Å². The third-order valence-corrected chi connectivity index (χ3v) is 4.89. The fourth-order valence-corrected chi connectivity index (χ4v) is 3.67. The Hall–Kier alpha value is -3.03. The second-order valence-corrected chi connectivity index (χ2v) is 6.38. The van der Waals surface area contributed by atoms with Crippen LogP contribution in [0.4, 0.5) is 0 Å². The molecule has 0 saturated carbocycles. The first-order chi connectivity index (χ1) is 11.8. The van der Waals surface area contributed by atoms with E-state index in [1.807, 2.05) is 54.6 Å². The number of thioether (sulfide) groups is 1. The molecule has 2 heterocycles. The molecule has 0 bridgehead atoms. The van der Waals surface area contributed by atoms with Crippen LogP contribution >= 0.6 is 11.8 Å². The van der Waals surface area contributed by atoms with Gasteiger partial charge in [0.1, 0.15) is 11.5 Å². The van der Waals surface area contributed by atoms with E-state index in [2.05, 4.69) is 6.07 Å². The Kier molecular flexibility index (Phi) is 3.56. The van der Waals surface area contributed by atoms with Gasteiger partial charge in [0.05, 0.1) is 16.5 Å². The van der Waals surface area contributed by atoms with Crippen molar-refractivity contribution < 1.29 is 9.21 Å². The van der Waals surface area contributed by atoms with E-state index >= 15 is 0 Å². The van der Waals surface area contributed by atoms with Crippen LogP contribution in [0.25, 0.3) is 17.4 Å². The minimum absolute atomic E-state index is 0.0194. The zero-order chi connectivity index (χ0) is 16.5. The van der Waals surface area contributed by atoms with E-state index in [4.69, 9.17) is 4.42 Å². The van der Waals surface area contributed by atoms with Crippen LogP contribution in [-0.2, 0) is 0 Å². The first kappa shape index (κ1) is 14.6. The highest BCUT2D eigenvalue weighted by Gasteiger charge is 2.25. The van der Waals surface area contributed by atoms with Crippen molar-refractivity contribution in [3.63, 3.8) is 0 Å². The molecule has 0 atom stereocenters. The number of fused-ring (bicyclic) bond motifs is 1. The number of hydrogen-bond acceptors (Lipinski definition) is 4. The van der Waals surface area contributed by atoms with Crippen molar-refractivity contribution in [2.24, 2.45) is 0 Å². The van der Waals surface area contributed by atoms with Crippen molar-refractivity contribution in [1.29, 1.82) is 5.26 Å². The minimum Gasteiger partial charge on any atom is -0.457 e. The molecule has 4 rings (SSSR count). The summed E-state index contributed by atoms with van der Waals surface area (Å²) in [6.45, 7) is 0. The molecule has 114 valence electrons. The topological polar surface area (TPSA) is 54.0 Å². The van der Waals surface area contributed by atoms with Crippen LogP contribution in [0.15, 0.2) is 74.9 Å². The Morgan fingerprint density at radius 1 is 0.958 bits per heavy atom. The van der Waals surface area contributed by atoms with Gasteiger partial charge >= 0.3 is 0 Å². The molecule has 0 spiro atoms. The van der Waals surface area contributed by atoms with E-state index in [9.17, 15) is 10.1 Å². The van der Waals surface area contributed by atoms with Gasteiger partial charge in [-0.1, -0.05) is 36.0 Å². The molecule has 24 heavy (non-hydrogen) atoms. The fourth-order valence-electron chi connectivity index (χ4n) is 2.64. The van der Waals surface area contributed by atoms with Gasteiger partial charge < -0.3 is 4.42 Å². The maximum atomic E-state index is 12.4. The predicted molar refractivity (Wildman–Crippen MR) is 93.5 cm³/mol. The monoisotopic (exact) mass is 329 g/mol. The van der Waals surface area contributed by atoms with Crippen LogP contribution in [0.2, 0.25) is 0 Å². The molecule has 0 radical (unpaired) electrons. The van der Waals surface area contributed by atoms with Gasteiger partial charge in [-0.25, -0.2) is 0 Å². The Bertz CT molecular complexity index is 1020. The average molecular weight is 329 g/mol. The second-order valence-electron chi connectivity index (χ2n) is 5.30. The van der Waals surface area contributed by atoms with E-state index in [0.29, 0.717) is 22.0 Å². The van der Waals surface area contributed by atoms with Gasteiger partial charge in [0.2, 0.25) is 5.78 Å². The minimum atomic E-state index is 0.0194. The summed E-state index contributed by atoms with van der Waals surface area (Å²) in [7, 11) is 0. The number of nitriles is 1. The summed E-state index contributed by atoms with van der Waals surface area (Å²) in [5, 5.41) is 9.20. The number of allylic oxidation sites excluding steroid dienone is 1. The van der Waals surface area contributed by atoms with E-state index in [-0.39, 0.29) is 5.78 Å². The molecule has 1 aliphatic heterocycles. The van der Waals surface area contributed by atoms with Crippen LogP contribution in [0.5, 0.6) is 0 Å². The van der Waals surface area contributed by atoms with Crippen LogP contribution in [0.1, 0.15) is 21.7 Å². The first-order valence-corrected chi connectivity index (χ1v) is 8.20. The van der Waals surface area contributed by atoms with Gasteiger partial charge in [-0.15, -0.1) is 0 Å². The summed E-state index contributed by atoms with van der Waals surface area (Å²) >= 11 is 1.45. The van der Waals surface area contributed by atoms with Crippen LogP contribution in [0.3, 0.4) is 0 Å². The fraction of sp³-hybridized carbons (Fsp3) is 0. The van der Waals surface area contributed by atoms with Crippen molar-refractivity contribution >= 4 is 23.6 Å². The highest BCUT2D eigenvalue weighted by Crippen LogP contribution is 2.41. The predicted octanol–water partition coefficient (Wildman–Crippen LogP) is 5.15. The molecule has 0 fully saturated rings. The summed E-state index contributed by atoms with van der Waals surface area (Å²) in [4.78, 5) is 14.0. The van der Waals surface area contributed by atoms with E-state index < -0.39 is 0 Å². The number of carbonyl (C=O) groups is 1. The van der Waals surface area contributed by atoms with E-state index in [1.54, 1.807) is 12.1 Å². The number of nitrogens with zero attached hydrogens (tertiary/aromatic N) is 1. The summed E-state index contributed by atoms with van der Waals surface area (Å²) in [5.41, 5.74) is 2.04. The van der Waals surface area contributed by atoms with Gasteiger partial charge in [0.15, 0.2) is 0 Å². The molecule has 0 amide bonds. The Morgan fingerprint density at radius 2 is 1.71 bits per heavy atom.